The first-order valence-electron chi connectivity index (χ1n) is 9.58. The lowest BCUT2D eigenvalue weighted by molar-refractivity contribution is -0.130. The minimum absolute atomic E-state index is 0.0644. The molecule has 0 aliphatic carbocycles. The van der Waals surface area contributed by atoms with Gasteiger partial charge in [0.15, 0.2) is 0 Å². The molecule has 1 aliphatic heterocycles. The normalized spacial score (nSPS) is 14.7. The van der Waals surface area contributed by atoms with E-state index in [1.807, 2.05) is 18.3 Å². The molecule has 2 N–H and O–H groups in total. The van der Waals surface area contributed by atoms with E-state index < -0.39 is 10.0 Å². The molecular weight excluding hydrogens is 468 g/mol. The zero-order valence-electron chi connectivity index (χ0n) is 16.1. The minimum atomic E-state index is -3.64. The van der Waals surface area contributed by atoms with Crippen molar-refractivity contribution >= 4 is 48.5 Å². The predicted octanol–water partition coefficient (Wildman–Crippen LogP) is 3.31. The third-order valence-electron chi connectivity index (χ3n) is 5.10. The van der Waals surface area contributed by atoms with Crippen molar-refractivity contribution in [2.24, 2.45) is 0 Å². The fourth-order valence-corrected chi connectivity index (χ4v) is 5.16. The number of amides is 1. The van der Waals surface area contributed by atoms with Gasteiger partial charge in [0.05, 0.1) is 4.90 Å². The molecule has 0 unspecified atom stereocenters. The molecule has 0 saturated heterocycles. The van der Waals surface area contributed by atoms with Gasteiger partial charge in [-0.3, -0.25) is 4.79 Å². The summed E-state index contributed by atoms with van der Waals surface area (Å²) >= 11 is 3.27. The lowest BCUT2D eigenvalue weighted by atomic mass is 9.99. The highest BCUT2D eigenvalue weighted by Gasteiger charge is 2.20. The number of pyridine rings is 1. The number of carbonyl (C=O) groups is 1. The van der Waals surface area contributed by atoms with Crippen molar-refractivity contribution in [2.75, 3.05) is 19.6 Å². The molecule has 1 aliphatic rings. The highest BCUT2D eigenvalue weighted by atomic mass is 79.9. The lowest BCUT2D eigenvalue weighted by Gasteiger charge is -2.26. The number of nitrogens with one attached hydrogen (secondary N) is 2. The number of fused-ring (bicyclic) bond motifs is 1. The Bertz CT molecular complexity index is 1220. The summed E-state index contributed by atoms with van der Waals surface area (Å²) < 4.78 is 27.9. The molecular formula is C21H21BrN4O3S. The van der Waals surface area contributed by atoms with Crippen LogP contribution in [0.3, 0.4) is 0 Å². The van der Waals surface area contributed by atoms with Crippen molar-refractivity contribution in [1.82, 2.24) is 19.6 Å². The first-order valence-corrected chi connectivity index (χ1v) is 11.9. The molecule has 9 heteroatoms. The zero-order valence-corrected chi connectivity index (χ0v) is 18.5. The number of aromatic amines is 1. The zero-order chi connectivity index (χ0) is 21.1. The predicted molar refractivity (Wildman–Crippen MR) is 119 cm³/mol. The molecule has 0 radical (unpaired) electrons. The summed E-state index contributed by atoms with van der Waals surface area (Å²) in [6.07, 6.45) is 6.63. The molecule has 0 spiro atoms. The second-order valence-corrected chi connectivity index (χ2v) is 9.71. The Hall–Kier alpha value is -2.49. The Morgan fingerprint density at radius 2 is 2.13 bits per heavy atom. The van der Waals surface area contributed by atoms with Crippen LogP contribution in [0.5, 0.6) is 0 Å². The molecule has 3 aromatic rings. The van der Waals surface area contributed by atoms with Crippen LogP contribution in [-0.2, 0) is 14.8 Å². The summed E-state index contributed by atoms with van der Waals surface area (Å²) in [4.78, 5) is 21.9. The van der Waals surface area contributed by atoms with Crippen LogP contribution in [0.4, 0.5) is 0 Å². The number of carbonyl (C=O) groups excluding carboxylic acids is 1. The molecule has 3 heterocycles. The van der Waals surface area contributed by atoms with Gasteiger partial charge in [0.25, 0.3) is 0 Å². The lowest BCUT2D eigenvalue weighted by Crippen LogP contribution is -2.37. The van der Waals surface area contributed by atoms with E-state index in [9.17, 15) is 13.2 Å². The number of nitrogens with zero attached hydrogens (tertiary/aromatic N) is 2. The fourth-order valence-electron chi connectivity index (χ4n) is 3.53. The molecule has 0 saturated carbocycles. The maximum absolute atomic E-state index is 12.5. The van der Waals surface area contributed by atoms with Gasteiger partial charge in [-0.2, -0.15) is 0 Å². The maximum Gasteiger partial charge on any atom is 0.240 e. The van der Waals surface area contributed by atoms with E-state index in [1.54, 1.807) is 23.2 Å². The van der Waals surface area contributed by atoms with Gasteiger partial charge < -0.3 is 9.88 Å². The number of sulfonamides is 1. The SMILES string of the molecule is O=C(CCNS(=O)(=O)c1cccc(Br)c1)N1CC=C(c2c[nH]c3ncccc23)CC1. The van der Waals surface area contributed by atoms with Crippen LogP contribution in [0, 0.1) is 0 Å². The first-order chi connectivity index (χ1) is 14.4. The van der Waals surface area contributed by atoms with Crippen LogP contribution < -0.4 is 4.72 Å². The van der Waals surface area contributed by atoms with Gasteiger partial charge in [0, 0.05) is 53.9 Å². The molecule has 7 nitrogen and oxygen atoms in total. The number of halogens is 1. The number of H-pyrrole nitrogens is 1. The van der Waals surface area contributed by atoms with Gasteiger partial charge >= 0.3 is 0 Å². The minimum Gasteiger partial charge on any atom is -0.346 e. The standard InChI is InChI=1S/C21H21BrN4O3S/c22-16-3-1-4-17(13-16)30(28,29)25-10-6-20(27)26-11-7-15(8-12-26)19-14-24-21-18(19)5-2-9-23-21/h1-5,7,9,13-14,25H,6,8,10-12H2,(H,23,24). The molecule has 30 heavy (non-hydrogen) atoms. The summed E-state index contributed by atoms with van der Waals surface area (Å²) in [6.45, 7) is 1.18. The monoisotopic (exact) mass is 488 g/mol. The van der Waals surface area contributed by atoms with Crippen LogP contribution in [0.1, 0.15) is 18.4 Å². The molecule has 1 amide bonds. The smallest absolute Gasteiger partial charge is 0.240 e. The molecule has 0 atom stereocenters. The van der Waals surface area contributed by atoms with E-state index in [0.29, 0.717) is 17.6 Å². The van der Waals surface area contributed by atoms with Crippen molar-refractivity contribution in [2.45, 2.75) is 17.7 Å². The van der Waals surface area contributed by atoms with E-state index in [-0.39, 0.29) is 23.8 Å². The van der Waals surface area contributed by atoms with Crippen molar-refractivity contribution in [3.8, 4) is 0 Å². The van der Waals surface area contributed by atoms with Crippen LogP contribution in [0.2, 0.25) is 0 Å². The summed E-state index contributed by atoms with van der Waals surface area (Å²) in [6, 6.07) is 10.4. The van der Waals surface area contributed by atoms with E-state index in [4.69, 9.17) is 0 Å². The summed E-state index contributed by atoms with van der Waals surface area (Å²) in [5, 5.41) is 1.07. The first kappa shape index (κ1) is 20.8. The van der Waals surface area contributed by atoms with Gasteiger partial charge in [-0.05, 0) is 42.3 Å². The van der Waals surface area contributed by atoms with Crippen molar-refractivity contribution in [3.63, 3.8) is 0 Å². The Kier molecular flexibility index (Phi) is 6.03. The Morgan fingerprint density at radius 1 is 1.27 bits per heavy atom. The quantitative estimate of drug-likeness (QED) is 0.556. The van der Waals surface area contributed by atoms with E-state index in [0.717, 1.165) is 23.0 Å². The van der Waals surface area contributed by atoms with E-state index >= 15 is 0 Å². The third kappa shape index (κ3) is 4.48. The average molecular weight is 489 g/mol. The van der Waals surface area contributed by atoms with Crippen LogP contribution in [-0.4, -0.2) is 48.8 Å². The Balaban J connectivity index is 1.33. The van der Waals surface area contributed by atoms with Crippen LogP contribution in [0.25, 0.3) is 16.6 Å². The molecule has 4 rings (SSSR count). The number of benzene rings is 1. The largest absolute Gasteiger partial charge is 0.346 e. The summed E-state index contributed by atoms with van der Waals surface area (Å²) in [5.41, 5.74) is 3.16. The number of hydrogen-bond donors (Lipinski definition) is 2. The van der Waals surface area contributed by atoms with E-state index in [1.165, 1.54) is 17.7 Å². The molecule has 0 fully saturated rings. The van der Waals surface area contributed by atoms with Gasteiger partial charge in [-0.1, -0.05) is 28.1 Å². The maximum atomic E-state index is 12.5. The Morgan fingerprint density at radius 3 is 2.90 bits per heavy atom. The number of aromatic nitrogens is 2. The molecule has 2 aromatic heterocycles. The van der Waals surface area contributed by atoms with Gasteiger partial charge in [0.2, 0.25) is 15.9 Å². The summed E-state index contributed by atoms with van der Waals surface area (Å²) in [7, 11) is -3.64. The average Bonchev–Trinajstić information content (AvgIpc) is 3.18. The Labute approximate surface area is 183 Å². The second-order valence-electron chi connectivity index (χ2n) is 7.03. The van der Waals surface area contributed by atoms with Crippen LogP contribution in [0.15, 0.2) is 64.2 Å². The van der Waals surface area contributed by atoms with E-state index in [2.05, 4.69) is 36.7 Å². The topological polar surface area (TPSA) is 95.2 Å². The number of rotatable bonds is 6. The summed E-state index contributed by atoms with van der Waals surface area (Å²) in [5.74, 6) is -0.0668. The molecule has 0 bridgehead atoms. The van der Waals surface area contributed by atoms with Gasteiger partial charge in [-0.25, -0.2) is 18.1 Å². The molecule has 1 aromatic carbocycles. The second kappa shape index (κ2) is 8.71. The fraction of sp³-hybridized carbons (Fsp3) is 0.238. The van der Waals surface area contributed by atoms with Crippen molar-refractivity contribution in [1.29, 1.82) is 0 Å². The third-order valence-corrected chi connectivity index (χ3v) is 7.05. The van der Waals surface area contributed by atoms with Crippen molar-refractivity contribution < 1.29 is 13.2 Å². The highest BCUT2D eigenvalue weighted by Crippen LogP contribution is 2.28. The number of hydrogen-bond acceptors (Lipinski definition) is 4. The van der Waals surface area contributed by atoms with Gasteiger partial charge in [-0.15, -0.1) is 0 Å². The van der Waals surface area contributed by atoms with Crippen LogP contribution >= 0.6 is 15.9 Å². The van der Waals surface area contributed by atoms with Crippen molar-refractivity contribution in [3.05, 3.63) is 64.9 Å². The highest BCUT2D eigenvalue weighted by molar-refractivity contribution is 9.10. The van der Waals surface area contributed by atoms with Gasteiger partial charge in [0.1, 0.15) is 5.65 Å². The molecule has 156 valence electrons.